The Labute approximate surface area is 106 Å². The highest BCUT2D eigenvalue weighted by molar-refractivity contribution is 5.66. The lowest BCUT2D eigenvalue weighted by Gasteiger charge is -2.13. The third kappa shape index (κ3) is 1.99. The van der Waals surface area contributed by atoms with Crippen LogP contribution in [0.2, 0.25) is 0 Å². The van der Waals surface area contributed by atoms with Gasteiger partial charge in [-0.2, -0.15) is 0 Å². The molecule has 18 heavy (non-hydrogen) atoms. The van der Waals surface area contributed by atoms with Crippen molar-refractivity contribution >= 4 is 0 Å². The molecule has 5 nitrogen and oxygen atoms in total. The molecule has 0 amide bonds. The van der Waals surface area contributed by atoms with Crippen LogP contribution in [0.4, 0.5) is 0 Å². The molecule has 5 heteroatoms. The van der Waals surface area contributed by atoms with E-state index in [1.807, 2.05) is 29.9 Å². The van der Waals surface area contributed by atoms with Crippen molar-refractivity contribution in [1.82, 2.24) is 9.55 Å². The molecule has 0 radical (unpaired) electrons. The van der Waals surface area contributed by atoms with Crippen LogP contribution in [0, 0.1) is 0 Å². The van der Waals surface area contributed by atoms with Gasteiger partial charge in [0.2, 0.25) is 5.75 Å². The predicted octanol–water partition coefficient (Wildman–Crippen LogP) is 2.11. The van der Waals surface area contributed by atoms with Gasteiger partial charge in [-0.3, -0.25) is 0 Å². The van der Waals surface area contributed by atoms with Crippen LogP contribution in [0.3, 0.4) is 0 Å². The molecular formula is C13H16N2O3. The van der Waals surface area contributed by atoms with Crippen molar-refractivity contribution in [3.05, 3.63) is 24.5 Å². The molecular weight excluding hydrogens is 232 g/mol. The molecule has 0 spiro atoms. The van der Waals surface area contributed by atoms with E-state index in [1.165, 1.54) is 0 Å². The lowest BCUT2D eigenvalue weighted by atomic mass is 10.1. The number of rotatable bonds is 4. The van der Waals surface area contributed by atoms with E-state index in [0.29, 0.717) is 17.2 Å². The zero-order valence-electron chi connectivity index (χ0n) is 10.9. The number of nitrogens with zero attached hydrogens (tertiary/aromatic N) is 2. The number of benzene rings is 1. The predicted molar refractivity (Wildman–Crippen MR) is 68.3 cm³/mol. The molecule has 0 N–H and O–H groups in total. The van der Waals surface area contributed by atoms with Gasteiger partial charge < -0.3 is 18.8 Å². The third-order valence-electron chi connectivity index (χ3n) is 2.74. The lowest BCUT2D eigenvalue weighted by molar-refractivity contribution is 0.324. The topological polar surface area (TPSA) is 45.5 Å². The minimum atomic E-state index is 0.581. The van der Waals surface area contributed by atoms with Gasteiger partial charge >= 0.3 is 0 Å². The fraction of sp³-hybridized carbons (Fsp3) is 0.308. The number of hydrogen-bond acceptors (Lipinski definition) is 4. The van der Waals surface area contributed by atoms with E-state index in [2.05, 4.69) is 4.98 Å². The first kappa shape index (κ1) is 12.3. The fourth-order valence-corrected chi connectivity index (χ4v) is 1.85. The molecule has 96 valence electrons. The Morgan fingerprint density at radius 2 is 1.61 bits per heavy atom. The summed E-state index contributed by atoms with van der Waals surface area (Å²) >= 11 is 0. The Morgan fingerprint density at radius 3 is 2.00 bits per heavy atom. The van der Waals surface area contributed by atoms with Crippen LogP contribution < -0.4 is 14.2 Å². The molecule has 0 aliphatic rings. The molecule has 0 aliphatic carbocycles. The first-order valence-electron chi connectivity index (χ1n) is 5.49. The Bertz CT molecular complexity index is 524. The molecule has 0 fully saturated rings. The summed E-state index contributed by atoms with van der Waals surface area (Å²) in [5, 5.41) is 0. The van der Waals surface area contributed by atoms with Crippen LogP contribution in [-0.2, 0) is 7.05 Å². The van der Waals surface area contributed by atoms with Crippen LogP contribution >= 0.6 is 0 Å². The van der Waals surface area contributed by atoms with Crippen molar-refractivity contribution in [3.63, 3.8) is 0 Å². The molecule has 0 aliphatic heterocycles. The van der Waals surface area contributed by atoms with E-state index >= 15 is 0 Å². The van der Waals surface area contributed by atoms with E-state index in [4.69, 9.17) is 14.2 Å². The van der Waals surface area contributed by atoms with Crippen molar-refractivity contribution in [1.29, 1.82) is 0 Å². The summed E-state index contributed by atoms with van der Waals surface area (Å²) in [5.41, 5.74) is 0.914. The van der Waals surface area contributed by atoms with E-state index < -0.39 is 0 Å². The lowest BCUT2D eigenvalue weighted by Crippen LogP contribution is -1.97. The smallest absolute Gasteiger partial charge is 0.203 e. The van der Waals surface area contributed by atoms with Gasteiger partial charge in [-0.15, -0.1) is 0 Å². The second-order valence-corrected chi connectivity index (χ2v) is 3.78. The number of ether oxygens (including phenoxy) is 3. The fourth-order valence-electron chi connectivity index (χ4n) is 1.85. The van der Waals surface area contributed by atoms with Gasteiger partial charge in [0.15, 0.2) is 11.5 Å². The molecule has 2 rings (SSSR count). The summed E-state index contributed by atoms with van der Waals surface area (Å²) in [6, 6.07) is 3.76. The normalized spacial score (nSPS) is 10.2. The molecule has 1 aromatic heterocycles. The first-order chi connectivity index (χ1) is 8.71. The molecule has 0 bridgehead atoms. The van der Waals surface area contributed by atoms with E-state index in [1.54, 1.807) is 27.5 Å². The second-order valence-electron chi connectivity index (χ2n) is 3.78. The zero-order chi connectivity index (χ0) is 13.1. The maximum Gasteiger partial charge on any atom is 0.203 e. The summed E-state index contributed by atoms with van der Waals surface area (Å²) in [7, 11) is 6.71. The van der Waals surface area contributed by atoms with Gasteiger partial charge in [-0.1, -0.05) is 0 Å². The van der Waals surface area contributed by atoms with Gasteiger partial charge in [0.1, 0.15) is 5.82 Å². The molecule has 1 heterocycles. The van der Waals surface area contributed by atoms with Gasteiger partial charge in [0, 0.05) is 25.0 Å². The second kappa shape index (κ2) is 5.00. The van der Waals surface area contributed by atoms with Gasteiger partial charge in [0.05, 0.1) is 21.3 Å². The highest BCUT2D eigenvalue weighted by atomic mass is 16.5. The van der Waals surface area contributed by atoms with E-state index in [9.17, 15) is 0 Å². The molecule has 0 saturated heterocycles. The first-order valence-corrected chi connectivity index (χ1v) is 5.49. The highest BCUT2D eigenvalue weighted by Gasteiger charge is 2.15. The summed E-state index contributed by atoms with van der Waals surface area (Å²) in [6.07, 6.45) is 3.64. The molecule has 0 atom stereocenters. The Kier molecular flexibility index (Phi) is 3.41. The molecule has 0 saturated carbocycles. The summed E-state index contributed by atoms with van der Waals surface area (Å²) in [4.78, 5) is 4.30. The minimum absolute atomic E-state index is 0.581. The van der Waals surface area contributed by atoms with Crippen molar-refractivity contribution in [2.75, 3.05) is 21.3 Å². The summed E-state index contributed by atoms with van der Waals surface area (Å²) in [5.74, 6) is 2.66. The van der Waals surface area contributed by atoms with Crippen molar-refractivity contribution in [2.24, 2.45) is 7.05 Å². The Hall–Kier alpha value is -2.17. The largest absolute Gasteiger partial charge is 0.493 e. The monoisotopic (exact) mass is 248 g/mol. The minimum Gasteiger partial charge on any atom is -0.493 e. The van der Waals surface area contributed by atoms with Crippen molar-refractivity contribution in [2.45, 2.75) is 0 Å². The Morgan fingerprint density at radius 1 is 1.00 bits per heavy atom. The maximum absolute atomic E-state index is 5.32. The number of hydrogen-bond donors (Lipinski definition) is 0. The molecule has 1 aromatic carbocycles. The van der Waals surface area contributed by atoms with Crippen LogP contribution in [-0.4, -0.2) is 30.9 Å². The van der Waals surface area contributed by atoms with Crippen LogP contribution in [0.15, 0.2) is 24.5 Å². The van der Waals surface area contributed by atoms with E-state index in [-0.39, 0.29) is 0 Å². The van der Waals surface area contributed by atoms with Crippen LogP contribution in [0.1, 0.15) is 0 Å². The zero-order valence-corrected chi connectivity index (χ0v) is 10.9. The van der Waals surface area contributed by atoms with Crippen LogP contribution in [0.5, 0.6) is 17.2 Å². The highest BCUT2D eigenvalue weighted by Crippen LogP contribution is 2.40. The maximum atomic E-state index is 5.32. The Balaban J connectivity index is 2.60. The summed E-state index contributed by atoms with van der Waals surface area (Å²) in [6.45, 7) is 0. The SMILES string of the molecule is COc1cc(-c2nccn2C)cc(OC)c1OC. The molecule has 2 aromatic rings. The van der Waals surface area contributed by atoms with Crippen molar-refractivity contribution in [3.8, 4) is 28.6 Å². The van der Waals surface area contributed by atoms with Crippen LogP contribution in [0.25, 0.3) is 11.4 Å². The van der Waals surface area contributed by atoms with Crippen molar-refractivity contribution < 1.29 is 14.2 Å². The number of aromatic nitrogens is 2. The number of imidazole rings is 1. The number of methoxy groups -OCH3 is 3. The summed E-state index contributed by atoms with van der Waals surface area (Å²) < 4.78 is 17.8. The van der Waals surface area contributed by atoms with Gasteiger partial charge in [0.25, 0.3) is 0 Å². The average molecular weight is 248 g/mol. The number of aryl methyl sites for hydroxylation is 1. The quantitative estimate of drug-likeness (QED) is 0.831. The van der Waals surface area contributed by atoms with Gasteiger partial charge in [-0.05, 0) is 12.1 Å². The third-order valence-corrected chi connectivity index (χ3v) is 2.74. The van der Waals surface area contributed by atoms with Gasteiger partial charge in [-0.25, -0.2) is 4.98 Å². The molecule has 0 unspecified atom stereocenters. The average Bonchev–Trinajstić information content (AvgIpc) is 2.83. The van der Waals surface area contributed by atoms with E-state index in [0.717, 1.165) is 11.4 Å². The standard InChI is InChI=1S/C13H16N2O3/c1-15-6-5-14-13(15)9-7-10(16-2)12(18-4)11(8-9)17-3/h5-8H,1-4H3.